The summed E-state index contributed by atoms with van der Waals surface area (Å²) in [6, 6.07) is 13.0. The fourth-order valence-electron chi connectivity index (χ4n) is 5.03. The van der Waals surface area contributed by atoms with Gasteiger partial charge in [0, 0.05) is 49.1 Å². The third kappa shape index (κ3) is 4.25. The van der Waals surface area contributed by atoms with E-state index in [1.165, 1.54) is 36.3 Å². The second-order valence-corrected chi connectivity index (χ2v) is 10.00. The van der Waals surface area contributed by atoms with Gasteiger partial charge in [0.05, 0.1) is 5.02 Å². The summed E-state index contributed by atoms with van der Waals surface area (Å²) in [6.45, 7) is 2.06. The standard InChI is InChI=1S/C27H26ClFN8O/c1-34(2)18-10-13-35(14-11-18)19-8-6-17(7-9-19)32-26-31-16-20-24(33-26)36-15-12-30-27(36)37(25(20)38)23-21(28)4-3-5-22(23)29/h3-9,12,15-16,18H,10-11,13-14H2,1-2H3,(H,31,32,33). The summed E-state index contributed by atoms with van der Waals surface area (Å²) in [5, 5.41) is 3.52. The van der Waals surface area contributed by atoms with Gasteiger partial charge < -0.3 is 15.1 Å². The number of hydrogen-bond acceptors (Lipinski definition) is 7. The third-order valence-electron chi connectivity index (χ3n) is 7.10. The highest BCUT2D eigenvalue weighted by Gasteiger charge is 2.21. The van der Waals surface area contributed by atoms with E-state index in [0.717, 1.165) is 36.2 Å². The Hall–Kier alpha value is -4.02. The monoisotopic (exact) mass is 532 g/mol. The van der Waals surface area contributed by atoms with E-state index in [-0.39, 0.29) is 21.9 Å². The van der Waals surface area contributed by atoms with Crippen LogP contribution in [0.15, 0.2) is 65.8 Å². The van der Waals surface area contributed by atoms with Crippen LogP contribution in [0.5, 0.6) is 0 Å². The molecule has 0 spiro atoms. The van der Waals surface area contributed by atoms with Gasteiger partial charge in [0.25, 0.3) is 5.56 Å². The lowest BCUT2D eigenvalue weighted by Gasteiger charge is -2.36. The molecule has 0 atom stereocenters. The number of benzene rings is 2. The van der Waals surface area contributed by atoms with Gasteiger partial charge in [-0.1, -0.05) is 17.7 Å². The smallest absolute Gasteiger partial charge is 0.270 e. The minimum absolute atomic E-state index is 0.0644. The maximum absolute atomic E-state index is 14.7. The van der Waals surface area contributed by atoms with Crippen molar-refractivity contribution in [3.63, 3.8) is 0 Å². The van der Waals surface area contributed by atoms with E-state index in [4.69, 9.17) is 11.6 Å². The Morgan fingerprint density at radius 1 is 1.08 bits per heavy atom. The Balaban J connectivity index is 1.31. The molecule has 1 saturated heterocycles. The molecule has 11 heteroatoms. The number of anilines is 3. The average molecular weight is 533 g/mol. The number of fused-ring (bicyclic) bond motifs is 3. The number of hydrogen-bond donors (Lipinski definition) is 1. The minimum atomic E-state index is -0.631. The number of imidazole rings is 1. The maximum atomic E-state index is 14.7. The fourth-order valence-corrected chi connectivity index (χ4v) is 5.28. The van der Waals surface area contributed by atoms with E-state index >= 15 is 0 Å². The molecule has 0 amide bonds. The summed E-state index contributed by atoms with van der Waals surface area (Å²) in [5.74, 6) is -0.108. The van der Waals surface area contributed by atoms with Crippen molar-refractivity contribution in [1.29, 1.82) is 0 Å². The molecule has 5 aromatic rings. The van der Waals surface area contributed by atoms with E-state index in [2.05, 4.69) is 56.3 Å². The average Bonchev–Trinajstić information content (AvgIpc) is 3.41. The Morgan fingerprint density at radius 2 is 1.84 bits per heavy atom. The number of nitrogens with zero attached hydrogens (tertiary/aromatic N) is 7. The van der Waals surface area contributed by atoms with Crippen LogP contribution < -0.4 is 15.8 Å². The van der Waals surface area contributed by atoms with Gasteiger partial charge in [-0.05, 0) is 63.3 Å². The van der Waals surface area contributed by atoms with Gasteiger partial charge in [-0.3, -0.25) is 9.20 Å². The van der Waals surface area contributed by atoms with Crippen molar-refractivity contribution in [2.24, 2.45) is 0 Å². The zero-order chi connectivity index (χ0) is 26.4. The Labute approximate surface area is 223 Å². The van der Waals surface area contributed by atoms with E-state index in [0.29, 0.717) is 17.6 Å². The molecule has 0 saturated carbocycles. The molecule has 0 radical (unpaired) electrons. The number of aromatic nitrogens is 5. The van der Waals surface area contributed by atoms with Crippen LogP contribution in [-0.4, -0.2) is 62.0 Å². The second kappa shape index (κ2) is 9.70. The van der Waals surface area contributed by atoms with Crippen molar-refractivity contribution in [2.75, 3.05) is 37.4 Å². The molecule has 9 nitrogen and oxygen atoms in total. The quantitative estimate of drug-likeness (QED) is 0.357. The van der Waals surface area contributed by atoms with Crippen molar-refractivity contribution < 1.29 is 4.39 Å². The topological polar surface area (TPSA) is 83.6 Å². The second-order valence-electron chi connectivity index (χ2n) is 9.59. The lowest BCUT2D eigenvalue weighted by atomic mass is 10.0. The normalized spacial score (nSPS) is 14.6. The lowest BCUT2D eigenvalue weighted by molar-refractivity contribution is 0.249. The molecule has 0 aliphatic carbocycles. The molecule has 38 heavy (non-hydrogen) atoms. The zero-order valence-corrected chi connectivity index (χ0v) is 21.7. The van der Waals surface area contributed by atoms with Gasteiger partial charge in [-0.15, -0.1) is 0 Å². The molecule has 4 heterocycles. The molecule has 1 aliphatic rings. The number of piperidine rings is 1. The van der Waals surface area contributed by atoms with Gasteiger partial charge in [0.2, 0.25) is 11.7 Å². The van der Waals surface area contributed by atoms with Crippen LogP contribution in [-0.2, 0) is 0 Å². The van der Waals surface area contributed by atoms with Gasteiger partial charge in [0.1, 0.15) is 16.9 Å². The first-order valence-electron chi connectivity index (χ1n) is 12.4. The first-order valence-corrected chi connectivity index (χ1v) is 12.8. The highest BCUT2D eigenvalue weighted by atomic mass is 35.5. The van der Waals surface area contributed by atoms with Crippen LogP contribution in [0, 0.1) is 5.82 Å². The fraction of sp³-hybridized carbons (Fsp3) is 0.259. The first kappa shape index (κ1) is 24.3. The molecule has 3 aromatic heterocycles. The minimum Gasteiger partial charge on any atom is -0.371 e. The maximum Gasteiger partial charge on any atom is 0.270 e. The summed E-state index contributed by atoms with van der Waals surface area (Å²) in [4.78, 5) is 31.4. The van der Waals surface area contributed by atoms with Crippen LogP contribution in [0.2, 0.25) is 5.02 Å². The summed E-state index contributed by atoms with van der Waals surface area (Å²) in [7, 11) is 4.28. The van der Waals surface area contributed by atoms with Crippen LogP contribution >= 0.6 is 11.6 Å². The van der Waals surface area contributed by atoms with E-state index in [1.807, 2.05) is 12.1 Å². The van der Waals surface area contributed by atoms with Crippen LogP contribution in [0.3, 0.4) is 0 Å². The van der Waals surface area contributed by atoms with E-state index in [1.54, 1.807) is 10.6 Å². The molecule has 2 aromatic carbocycles. The van der Waals surface area contributed by atoms with Crippen LogP contribution in [0.25, 0.3) is 22.5 Å². The largest absolute Gasteiger partial charge is 0.371 e. The van der Waals surface area contributed by atoms with Gasteiger partial charge in [-0.2, -0.15) is 4.98 Å². The Morgan fingerprint density at radius 3 is 2.55 bits per heavy atom. The molecule has 6 rings (SSSR count). The number of rotatable bonds is 5. The highest BCUT2D eigenvalue weighted by Crippen LogP contribution is 2.26. The summed E-state index contributed by atoms with van der Waals surface area (Å²) >= 11 is 6.27. The van der Waals surface area contributed by atoms with Crippen molar-refractivity contribution in [2.45, 2.75) is 18.9 Å². The molecule has 1 fully saturated rings. The Kier molecular flexibility index (Phi) is 6.21. The first-order chi connectivity index (χ1) is 18.4. The summed E-state index contributed by atoms with van der Waals surface area (Å²) in [6.07, 6.45) is 6.90. The molecule has 1 aliphatic heterocycles. The van der Waals surface area contributed by atoms with E-state index in [9.17, 15) is 9.18 Å². The SMILES string of the molecule is CN(C)C1CCN(c2ccc(Nc3ncc4c(=O)n(-c5c(F)cccc5Cl)c5nccn5c4n3)cc2)CC1. The molecule has 0 bridgehead atoms. The van der Waals surface area contributed by atoms with Crippen molar-refractivity contribution in [1.82, 2.24) is 28.8 Å². The Bertz CT molecular complexity index is 1670. The van der Waals surface area contributed by atoms with Gasteiger partial charge >= 0.3 is 0 Å². The molecular formula is C27H26ClFN8O. The number of para-hydroxylation sites is 1. The third-order valence-corrected chi connectivity index (χ3v) is 7.40. The van der Waals surface area contributed by atoms with Crippen molar-refractivity contribution >= 4 is 45.7 Å². The van der Waals surface area contributed by atoms with Crippen molar-refractivity contribution in [3.05, 3.63) is 82.2 Å². The zero-order valence-electron chi connectivity index (χ0n) is 21.0. The van der Waals surface area contributed by atoms with Gasteiger partial charge in [0.15, 0.2) is 5.65 Å². The van der Waals surface area contributed by atoms with Gasteiger partial charge in [-0.25, -0.2) is 18.9 Å². The lowest BCUT2D eigenvalue weighted by Crippen LogP contribution is -2.41. The predicted octanol–water partition coefficient (Wildman–Crippen LogP) is 4.49. The van der Waals surface area contributed by atoms with Crippen molar-refractivity contribution in [3.8, 4) is 5.69 Å². The number of halogens is 2. The molecule has 194 valence electrons. The van der Waals surface area contributed by atoms with E-state index < -0.39 is 11.4 Å². The molecule has 0 unspecified atom stereocenters. The molecule has 1 N–H and O–H groups in total. The van der Waals surface area contributed by atoms with Crippen LogP contribution in [0.1, 0.15) is 12.8 Å². The van der Waals surface area contributed by atoms with Crippen LogP contribution in [0.4, 0.5) is 21.7 Å². The number of nitrogens with one attached hydrogen (secondary N) is 1. The summed E-state index contributed by atoms with van der Waals surface area (Å²) < 4.78 is 17.5. The predicted molar refractivity (Wildman–Crippen MR) is 147 cm³/mol. The highest BCUT2D eigenvalue weighted by molar-refractivity contribution is 6.32. The molecular weight excluding hydrogens is 507 g/mol. The summed E-state index contributed by atoms with van der Waals surface area (Å²) in [5.41, 5.74) is 1.78.